The average Bonchev–Trinajstić information content (AvgIpc) is 3.06. The Kier molecular flexibility index (Phi) is 4.07. The fraction of sp³-hybridized carbons (Fsp3) is 0.188. The van der Waals surface area contributed by atoms with Crippen LogP contribution in [0.4, 0.5) is 0 Å². The summed E-state index contributed by atoms with van der Waals surface area (Å²) in [5, 5.41) is 8.41. The molecule has 8 heteroatoms. The van der Waals surface area contributed by atoms with Gasteiger partial charge in [-0.3, -0.25) is 0 Å². The minimum Gasteiger partial charge on any atom is -0.480 e. The fourth-order valence-electron chi connectivity index (χ4n) is 2.40. The number of para-hydroxylation sites is 1. The lowest BCUT2D eigenvalue weighted by atomic mass is 10.2. The van der Waals surface area contributed by atoms with Crippen molar-refractivity contribution < 1.29 is 9.57 Å². The van der Waals surface area contributed by atoms with Gasteiger partial charge in [-0.05, 0) is 40.2 Å². The van der Waals surface area contributed by atoms with Gasteiger partial charge in [-0.25, -0.2) is 9.97 Å². The quantitative estimate of drug-likeness (QED) is 0.723. The highest BCUT2D eigenvalue weighted by Crippen LogP contribution is 2.28. The maximum atomic E-state index is 5.40. The third-order valence-corrected chi connectivity index (χ3v) is 5.32. The first kappa shape index (κ1) is 15.3. The summed E-state index contributed by atoms with van der Waals surface area (Å²) in [5.41, 5.74) is 1.65. The first-order valence-corrected chi connectivity index (χ1v) is 8.88. The Labute approximate surface area is 150 Å². The van der Waals surface area contributed by atoms with Crippen LogP contribution in [-0.4, -0.2) is 29.5 Å². The van der Waals surface area contributed by atoms with E-state index < -0.39 is 0 Å². The van der Waals surface area contributed by atoms with Gasteiger partial charge in [0.15, 0.2) is 5.84 Å². The van der Waals surface area contributed by atoms with Gasteiger partial charge in [0.05, 0.1) is 21.8 Å². The van der Waals surface area contributed by atoms with Crippen molar-refractivity contribution in [3.63, 3.8) is 0 Å². The number of ether oxygens (including phenoxy) is 1. The number of fused-ring (bicyclic) bond motifs is 1. The molecule has 0 bridgehead atoms. The minimum absolute atomic E-state index is 0.0636. The zero-order valence-electron chi connectivity index (χ0n) is 12.7. The number of aromatic nitrogens is 2. The highest BCUT2D eigenvalue weighted by molar-refractivity contribution is 9.10. The molecule has 0 spiro atoms. The fourth-order valence-corrected chi connectivity index (χ4v) is 3.79. The van der Waals surface area contributed by atoms with E-state index in [-0.39, 0.29) is 6.04 Å². The lowest BCUT2D eigenvalue weighted by molar-refractivity contribution is 0.109. The molecular weight excluding hydrogens is 392 g/mol. The smallest absolute Gasteiger partial charge is 0.228 e. The number of pyridine rings is 1. The first-order valence-electron chi connectivity index (χ1n) is 7.27. The number of thiazole rings is 1. The molecule has 6 nitrogen and oxygen atoms in total. The van der Waals surface area contributed by atoms with Crippen LogP contribution < -0.4 is 10.1 Å². The number of oxime groups is 1. The Balaban J connectivity index is 1.62. The molecule has 0 amide bonds. The Hall–Kier alpha value is -2.19. The number of hydrogen-bond donors (Lipinski definition) is 1. The van der Waals surface area contributed by atoms with Crippen molar-refractivity contribution in [2.24, 2.45) is 5.16 Å². The molecule has 4 rings (SSSR count). The van der Waals surface area contributed by atoms with Crippen molar-refractivity contribution in [2.75, 3.05) is 13.7 Å². The van der Waals surface area contributed by atoms with E-state index in [0.717, 1.165) is 19.7 Å². The molecule has 2 aromatic heterocycles. The molecule has 3 aromatic rings. The zero-order chi connectivity index (χ0) is 16.5. The lowest BCUT2D eigenvalue weighted by Gasteiger charge is -2.22. The predicted octanol–water partition coefficient (Wildman–Crippen LogP) is 3.49. The van der Waals surface area contributed by atoms with Crippen LogP contribution in [0.3, 0.4) is 0 Å². The van der Waals surface area contributed by atoms with Crippen molar-refractivity contribution in [1.29, 1.82) is 0 Å². The van der Waals surface area contributed by atoms with Crippen LogP contribution in [0.2, 0.25) is 0 Å². The highest BCUT2D eigenvalue weighted by atomic mass is 79.9. The monoisotopic (exact) mass is 404 g/mol. The van der Waals surface area contributed by atoms with Crippen LogP contribution in [0.1, 0.15) is 16.7 Å². The van der Waals surface area contributed by atoms with Crippen LogP contribution in [0, 0.1) is 0 Å². The molecule has 0 saturated heterocycles. The van der Waals surface area contributed by atoms with Gasteiger partial charge < -0.3 is 14.9 Å². The summed E-state index contributed by atoms with van der Waals surface area (Å²) in [6, 6.07) is 11.7. The Morgan fingerprint density at radius 1 is 1.25 bits per heavy atom. The third-order valence-electron chi connectivity index (χ3n) is 3.57. The Bertz CT molecular complexity index is 894. The summed E-state index contributed by atoms with van der Waals surface area (Å²) < 4.78 is 7.18. The number of rotatable bonds is 3. The second kappa shape index (κ2) is 6.37. The molecule has 3 heterocycles. The number of hydrogen-bond acceptors (Lipinski definition) is 7. The molecule has 122 valence electrons. The van der Waals surface area contributed by atoms with E-state index in [2.05, 4.69) is 42.4 Å². The van der Waals surface area contributed by atoms with Crippen LogP contribution in [0.15, 0.2) is 46.0 Å². The molecular formula is C16H13BrN4O2S. The van der Waals surface area contributed by atoms with Crippen molar-refractivity contribution in [2.45, 2.75) is 6.04 Å². The van der Waals surface area contributed by atoms with Crippen LogP contribution in [-0.2, 0) is 4.84 Å². The number of methoxy groups -OCH3 is 1. The number of nitrogens with one attached hydrogen (secondary N) is 1. The van der Waals surface area contributed by atoms with Gasteiger partial charge in [-0.2, -0.15) is 0 Å². The molecule has 1 atom stereocenters. The summed E-state index contributed by atoms with van der Waals surface area (Å²) in [5.74, 6) is 1.07. The van der Waals surface area contributed by atoms with Crippen LogP contribution >= 0.6 is 27.3 Å². The van der Waals surface area contributed by atoms with Gasteiger partial charge in [0.25, 0.3) is 0 Å². The Morgan fingerprint density at radius 2 is 2.12 bits per heavy atom. The predicted molar refractivity (Wildman–Crippen MR) is 96.5 cm³/mol. The summed E-state index contributed by atoms with van der Waals surface area (Å²) in [6.07, 6.45) is 0. The first-order chi connectivity index (χ1) is 11.7. The van der Waals surface area contributed by atoms with Gasteiger partial charge in [0, 0.05) is 0 Å². The number of amidine groups is 1. The van der Waals surface area contributed by atoms with E-state index in [0.29, 0.717) is 24.0 Å². The summed E-state index contributed by atoms with van der Waals surface area (Å²) in [4.78, 5) is 14.5. The van der Waals surface area contributed by atoms with Crippen LogP contribution in [0.5, 0.6) is 5.88 Å². The number of nitrogens with zero attached hydrogens (tertiary/aromatic N) is 3. The maximum absolute atomic E-state index is 5.40. The second-order valence-electron chi connectivity index (χ2n) is 5.14. The SMILES string of the molecule is COc1nc(C2=NOCC(c3nc4ccccc4s3)N2)ccc1Br. The third kappa shape index (κ3) is 2.83. The molecule has 1 N–H and O–H groups in total. The van der Waals surface area contributed by atoms with E-state index in [9.17, 15) is 0 Å². The topological polar surface area (TPSA) is 68.6 Å². The molecule has 1 aromatic carbocycles. The zero-order valence-corrected chi connectivity index (χ0v) is 15.1. The standard InChI is InChI=1S/C16H13BrN4O2S/c1-22-15-9(17)6-7-11(19-15)14-18-12(8-23-21-14)16-20-10-4-2-3-5-13(10)24-16/h2-7,12H,8H2,1H3,(H,18,21). The molecule has 1 unspecified atom stereocenters. The van der Waals surface area contributed by atoms with Crippen molar-refractivity contribution >= 4 is 43.3 Å². The average molecular weight is 405 g/mol. The lowest BCUT2D eigenvalue weighted by Crippen LogP contribution is -2.36. The molecule has 1 aliphatic heterocycles. The van der Waals surface area contributed by atoms with E-state index >= 15 is 0 Å². The van der Waals surface area contributed by atoms with Crippen molar-refractivity contribution in [3.05, 3.63) is 51.6 Å². The van der Waals surface area contributed by atoms with Gasteiger partial charge in [0.1, 0.15) is 23.4 Å². The molecule has 1 aliphatic rings. The normalized spacial score (nSPS) is 17.1. The Morgan fingerprint density at radius 3 is 2.96 bits per heavy atom. The summed E-state index contributed by atoms with van der Waals surface area (Å²) in [6.45, 7) is 0.428. The van der Waals surface area contributed by atoms with Gasteiger partial charge in [-0.15, -0.1) is 11.3 Å². The van der Waals surface area contributed by atoms with E-state index in [1.165, 1.54) is 0 Å². The molecule has 0 fully saturated rings. The van der Waals surface area contributed by atoms with Crippen molar-refractivity contribution in [3.8, 4) is 5.88 Å². The summed E-state index contributed by atoms with van der Waals surface area (Å²) in [7, 11) is 1.58. The number of halogens is 1. The van der Waals surface area contributed by atoms with Gasteiger partial charge >= 0.3 is 0 Å². The molecule has 0 radical (unpaired) electrons. The second-order valence-corrected chi connectivity index (χ2v) is 7.06. The number of benzene rings is 1. The maximum Gasteiger partial charge on any atom is 0.228 e. The van der Waals surface area contributed by atoms with E-state index in [1.54, 1.807) is 18.4 Å². The van der Waals surface area contributed by atoms with E-state index in [1.807, 2.05) is 30.3 Å². The largest absolute Gasteiger partial charge is 0.480 e. The van der Waals surface area contributed by atoms with Crippen LogP contribution in [0.25, 0.3) is 10.2 Å². The molecule has 0 aliphatic carbocycles. The van der Waals surface area contributed by atoms with Gasteiger partial charge in [0.2, 0.25) is 5.88 Å². The van der Waals surface area contributed by atoms with Gasteiger partial charge in [-0.1, -0.05) is 17.3 Å². The highest BCUT2D eigenvalue weighted by Gasteiger charge is 2.24. The minimum atomic E-state index is -0.0636. The van der Waals surface area contributed by atoms with Crippen molar-refractivity contribution in [1.82, 2.24) is 15.3 Å². The molecule has 0 saturated carbocycles. The molecule has 24 heavy (non-hydrogen) atoms. The van der Waals surface area contributed by atoms with E-state index in [4.69, 9.17) is 9.57 Å². The summed E-state index contributed by atoms with van der Waals surface area (Å²) >= 11 is 5.05.